The molecule has 0 spiro atoms. The van der Waals surface area contributed by atoms with Gasteiger partial charge in [-0.15, -0.1) is 4.99 Å². The second-order valence-electron chi connectivity index (χ2n) is 4.96. The third-order valence-electron chi connectivity index (χ3n) is 3.81. The van der Waals surface area contributed by atoms with Crippen molar-refractivity contribution < 1.29 is 0 Å². The number of nitriles is 1. The summed E-state index contributed by atoms with van der Waals surface area (Å²) in [5.74, 6) is 0.240. The van der Waals surface area contributed by atoms with Crippen molar-refractivity contribution in [3.05, 3.63) is 28.8 Å². The van der Waals surface area contributed by atoms with Crippen molar-refractivity contribution in [2.75, 3.05) is 13.1 Å². The van der Waals surface area contributed by atoms with Gasteiger partial charge in [0.2, 0.25) is 12.2 Å². The molecule has 0 amide bonds. The molecule has 1 aliphatic heterocycles. The molecule has 0 atom stereocenters. The molecule has 3 heterocycles. The number of imidazole rings is 1. The number of aromatic amines is 1. The summed E-state index contributed by atoms with van der Waals surface area (Å²) in [6.07, 6.45) is 4.88. The van der Waals surface area contributed by atoms with Crippen LogP contribution in [0, 0.1) is 11.5 Å². The van der Waals surface area contributed by atoms with Crippen LogP contribution < -0.4 is 11.4 Å². The van der Waals surface area contributed by atoms with E-state index in [1.54, 1.807) is 17.0 Å². The van der Waals surface area contributed by atoms with Crippen LogP contribution in [0.4, 0.5) is 0 Å². The predicted octanol–water partition coefficient (Wildman–Crippen LogP) is 0.157. The average molecular weight is 285 g/mol. The van der Waals surface area contributed by atoms with Crippen molar-refractivity contribution in [2.24, 2.45) is 10.7 Å². The molecule has 1 saturated heterocycles. The van der Waals surface area contributed by atoms with Crippen LogP contribution in [0.3, 0.4) is 0 Å². The Morgan fingerprint density at radius 3 is 3.00 bits per heavy atom. The molecule has 2 aromatic rings. The maximum Gasteiger partial charge on any atom is 0.327 e. The van der Waals surface area contributed by atoms with E-state index >= 15 is 0 Å². The van der Waals surface area contributed by atoms with Gasteiger partial charge in [-0.05, 0) is 25.0 Å². The number of rotatable bonds is 1. The number of hydrogen-bond acceptors (Lipinski definition) is 4. The van der Waals surface area contributed by atoms with Crippen LogP contribution in [0.2, 0.25) is 0 Å². The molecule has 0 aliphatic carbocycles. The third kappa shape index (κ3) is 2.33. The molecule has 0 aromatic carbocycles. The first-order valence-electron chi connectivity index (χ1n) is 6.73. The first-order valence-corrected chi connectivity index (χ1v) is 6.73. The number of nitrogens with one attached hydrogen (secondary N) is 1. The molecule has 1 aliphatic rings. The van der Waals surface area contributed by atoms with Crippen molar-refractivity contribution in [1.29, 1.82) is 5.26 Å². The summed E-state index contributed by atoms with van der Waals surface area (Å²) in [4.78, 5) is 24.5. The molecular formula is C13H15N7O. The number of fused-ring (bicyclic) bond motifs is 1. The molecule has 21 heavy (non-hydrogen) atoms. The van der Waals surface area contributed by atoms with E-state index in [2.05, 4.69) is 15.0 Å². The zero-order valence-electron chi connectivity index (χ0n) is 11.4. The van der Waals surface area contributed by atoms with Gasteiger partial charge in [-0.25, -0.2) is 9.78 Å². The SMILES string of the molecule is N#CN=C(N)N1CCC(n2c(=O)[nH]c3ncccc32)CC1. The molecule has 3 rings (SSSR count). The Hall–Kier alpha value is -2.82. The lowest BCUT2D eigenvalue weighted by Gasteiger charge is -2.32. The number of H-pyrrole nitrogens is 1. The topological polar surface area (TPSA) is 116 Å². The molecule has 108 valence electrons. The summed E-state index contributed by atoms with van der Waals surface area (Å²) in [5, 5.41) is 8.52. The molecular weight excluding hydrogens is 270 g/mol. The van der Waals surface area contributed by atoms with E-state index in [0.29, 0.717) is 18.7 Å². The smallest absolute Gasteiger partial charge is 0.327 e. The number of hydrogen-bond donors (Lipinski definition) is 2. The van der Waals surface area contributed by atoms with E-state index in [0.717, 1.165) is 18.4 Å². The molecule has 2 aromatic heterocycles. The maximum atomic E-state index is 12.1. The Morgan fingerprint density at radius 1 is 1.52 bits per heavy atom. The second-order valence-corrected chi connectivity index (χ2v) is 4.96. The fourth-order valence-electron chi connectivity index (χ4n) is 2.80. The highest BCUT2D eigenvalue weighted by atomic mass is 16.1. The van der Waals surface area contributed by atoms with Gasteiger partial charge in [-0.3, -0.25) is 9.55 Å². The average Bonchev–Trinajstić information content (AvgIpc) is 2.83. The van der Waals surface area contributed by atoms with Gasteiger partial charge >= 0.3 is 5.69 Å². The van der Waals surface area contributed by atoms with E-state index in [9.17, 15) is 4.79 Å². The highest BCUT2D eigenvalue weighted by Gasteiger charge is 2.24. The molecule has 0 saturated carbocycles. The number of likely N-dealkylation sites (tertiary alicyclic amines) is 1. The van der Waals surface area contributed by atoms with Crippen molar-refractivity contribution in [3.63, 3.8) is 0 Å². The van der Waals surface area contributed by atoms with E-state index in [1.165, 1.54) is 0 Å². The van der Waals surface area contributed by atoms with E-state index in [4.69, 9.17) is 11.0 Å². The molecule has 0 bridgehead atoms. The first kappa shape index (κ1) is 13.2. The Bertz CT molecular complexity index is 774. The zero-order chi connectivity index (χ0) is 14.8. The number of guanidine groups is 1. The van der Waals surface area contributed by atoms with Gasteiger partial charge in [0.05, 0.1) is 5.52 Å². The quantitative estimate of drug-likeness (QED) is 0.440. The van der Waals surface area contributed by atoms with Crippen LogP contribution in [0.1, 0.15) is 18.9 Å². The number of aliphatic imine (C=N–C) groups is 1. The van der Waals surface area contributed by atoms with Gasteiger partial charge in [0.1, 0.15) is 0 Å². The van der Waals surface area contributed by atoms with E-state index in [-0.39, 0.29) is 17.7 Å². The number of nitrogens with two attached hydrogens (primary N) is 1. The van der Waals surface area contributed by atoms with Crippen LogP contribution in [0.5, 0.6) is 0 Å². The van der Waals surface area contributed by atoms with Crippen molar-refractivity contribution in [1.82, 2.24) is 19.4 Å². The monoisotopic (exact) mass is 285 g/mol. The van der Waals surface area contributed by atoms with Crippen LogP contribution in [0.25, 0.3) is 11.2 Å². The molecule has 1 fully saturated rings. The van der Waals surface area contributed by atoms with Gasteiger partial charge in [-0.1, -0.05) is 0 Å². The van der Waals surface area contributed by atoms with Crippen LogP contribution in [-0.4, -0.2) is 38.5 Å². The van der Waals surface area contributed by atoms with Crippen molar-refractivity contribution >= 4 is 17.1 Å². The number of pyridine rings is 1. The highest BCUT2D eigenvalue weighted by Crippen LogP contribution is 2.23. The fraction of sp³-hybridized carbons (Fsp3) is 0.385. The highest BCUT2D eigenvalue weighted by molar-refractivity contribution is 5.79. The molecule has 8 heteroatoms. The Morgan fingerprint density at radius 2 is 2.29 bits per heavy atom. The predicted molar refractivity (Wildman–Crippen MR) is 77.4 cm³/mol. The molecule has 0 radical (unpaired) electrons. The summed E-state index contributed by atoms with van der Waals surface area (Å²) < 4.78 is 1.76. The van der Waals surface area contributed by atoms with Gasteiger partial charge in [-0.2, -0.15) is 5.26 Å². The lowest BCUT2D eigenvalue weighted by atomic mass is 10.0. The summed E-state index contributed by atoms with van der Waals surface area (Å²) in [5.41, 5.74) is 7.00. The minimum Gasteiger partial charge on any atom is -0.369 e. The Kier molecular flexibility index (Phi) is 3.31. The summed E-state index contributed by atoms with van der Waals surface area (Å²) in [7, 11) is 0. The largest absolute Gasteiger partial charge is 0.369 e. The van der Waals surface area contributed by atoms with E-state index < -0.39 is 0 Å². The van der Waals surface area contributed by atoms with Crippen LogP contribution in [0.15, 0.2) is 28.1 Å². The lowest BCUT2D eigenvalue weighted by Crippen LogP contribution is -2.44. The van der Waals surface area contributed by atoms with Crippen molar-refractivity contribution in [2.45, 2.75) is 18.9 Å². The minimum absolute atomic E-state index is 0.0987. The van der Waals surface area contributed by atoms with Gasteiger partial charge in [0.25, 0.3) is 0 Å². The first-order chi connectivity index (χ1) is 10.2. The third-order valence-corrected chi connectivity index (χ3v) is 3.81. The van der Waals surface area contributed by atoms with Gasteiger partial charge in [0.15, 0.2) is 5.65 Å². The number of aromatic nitrogens is 3. The number of piperidine rings is 1. The zero-order valence-corrected chi connectivity index (χ0v) is 11.4. The molecule has 8 nitrogen and oxygen atoms in total. The van der Waals surface area contributed by atoms with Gasteiger partial charge < -0.3 is 10.6 Å². The van der Waals surface area contributed by atoms with Crippen LogP contribution >= 0.6 is 0 Å². The molecule has 3 N–H and O–H groups in total. The van der Waals surface area contributed by atoms with Crippen molar-refractivity contribution in [3.8, 4) is 6.19 Å². The van der Waals surface area contributed by atoms with Crippen LogP contribution in [-0.2, 0) is 0 Å². The summed E-state index contributed by atoms with van der Waals surface area (Å²) >= 11 is 0. The lowest BCUT2D eigenvalue weighted by molar-refractivity contribution is 0.265. The molecule has 0 unspecified atom stereocenters. The Labute approximate surface area is 120 Å². The van der Waals surface area contributed by atoms with E-state index in [1.807, 2.05) is 17.0 Å². The maximum absolute atomic E-state index is 12.1. The standard InChI is InChI=1S/C13H15N7O/c14-8-17-12(15)19-6-3-9(4-7-19)20-10-2-1-5-16-11(10)18-13(20)21/h1-2,5,9H,3-4,6-7H2,(H2,15,17)(H,16,18,21). The van der Waals surface area contributed by atoms with Gasteiger partial charge in [0, 0.05) is 25.3 Å². The normalized spacial score (nSPS) is 17.1. The minimum atomic E-state index is -0.138. The second kappa shape index (κ2) is 5.28. The Balaban J connectivity index is 1.84. The summed E-state index contributed by atoms with van der Waals surface area (Å²) in [6, 6.07) is 3.80. The number of nitrogens with zero attached hydrogens (tertiary/aromatic N) is 5. The summed E-state index contributed by atoms with van der Waals surface area (Å²) in [6.45, 7) is 1.34. The fourth-order valence-corrected chi connectivity index (χ4v) is 2.80.